The molecule has 1 aromatic rings. The first-order valence-electron chi connectivity index (χ1n) is 6.49. The van der Waals surface area contributed by atoms with E-state index in [1.165, 1.54) is 6.08 Å². The van der Waals surface area contributed by atoms with E-state index >= 15 is 0 Å². The third-order valence-corrected chi connectivity index (χ3v) is 2.33. The van der Waals surface area contributed by atoms with E-state index in [1.807, 2.05) is 50.3 Å². The van der Waals surface area contributed by atoms with Crippen LogP contribution in [-0.4, -0.2) is 19.2 Å². The minimum Gasteiger partial charge on any atom is -0.494 e. The van der Waals surface area contributed by atoms with Crippen molar-refractivity contribution in [1.29, 1.82) is 0 Å². The lowest BCUT2D eigenvalue weighted by Gasteiger charge is -2.02. The summed E-state index contributed by atoms with van der Waals surface area (Å²) in [7, 11) is 0. The lowest BCUT2D eigenvalue weighted by molar-refractivity contribution is -0.136. The number of esters is 1. The summed E-state index contributed by atoms with van der Waals surface area (Å²) in [6.07, 6.45) is 7.89. The monoisotopic (exact) mass is 260 g/mol. The fourth-order valence-corrected chi connectivity index (χ4v) is 1.42. The third kappa shape index (κ3) is 6.46. The van der Waals surface area contributed by atoms with Gasteiger partial charge in [-0.3, -0.25) is 0 Å². The van der Waals surface area contributed by atoms with Crippen molar-refractivity contribution in [3.8, 4) is 5.75 Å². The first-order chi connectivity index (χ1) is 9.26. The summed E-state index contributed by atoms with van der Waals surface area (Å²) in [6, 6.07) is 7.54. The summed E-state index contributed by atoms with van der Waals surface area (Å²) >= 11 is 0. The number of allylic oxidation sites excluding steroid dienone is 1. The Bertz CT molecular complexity index is 430. The highest BCUT2D eigenvalue weighted by atomic mass is 16.5. The van der Waals surface area contributed by atoms with E-state index in [9.17, 15) is 4.79 Å². The van der Waals surface area contributed by atoms with E-state index < -0.39 is 0 Å². The standard InChI is InChI=1S/C16H20O3/c1-3-5-6-13-19-16(17)12-9-14-7-10-15(11-8-14)18-4-2/h5-12H,3-4,13H2,1-2H3/b6-5+,12-9+. The van der Waals surface area contributed by atoms with Crippen molar-refractivity contribution in [3.63, 3.8) is 0 Å². The maximum atomic E-state index is 11.4. The largest absolute Gasteiger partial charge is 0.494 e. The summed E-state index contributed by atoms with van der Waals surface area (Å²) in [5, 5.41) is 0. The lowest BCUT2D eigenvalue weighted by Crippen LogP contribution is -1.99. The van der Waals surface area contributed by atoms with Gasteiger partial charge in [-0.25, -0.2) is 4.79 Å². The first-order valence-corrected chi connectivity index (χ1v) is 6.49. The van der Waals surface area contributed by atoms with Crippen molar-refractivity contribution in [2.75, 3.05) is 13.2 Å². The van der Waals surface area contributed by atoms with Crippen molar-refractivity contribution in [2.45, 2.75) is 20.3 Å². The molecule has 0 saturated heterocycles. The van der Waals surface area contributed by atoms with Crippen LogP contribution in [0.25, 0.3) is 6.08 Å². The molecule has 0 N–H and O–H groups in total. The summed E-state index contributed by atoms with van der Waals surface area (Å²) in [4.78, 5) is 11.4. The van der Waals surface area contributed by atoms with Crippen molar-refractivity contribution in [3.05, 3.63) is 48.1 Å². The Kier molecular flexibility index (Phi) is 7.10. The number of hydrogen-bond donors (Lipinski definition) is 0. The van der Waals surface area contributed by atoms with E-state index in [0.29, 0.717) is 13.2 Å². The molecule has 0 radical (unpaired) electrons. The van der Waals surface area contributed by atoms with Gasteiger partial charge in [0, 0.05) is 6.08 Å². The van der Waals surface area contributed by atoms with Crippen molar-refractivity contribution in [1.82, 2.24) is 0 Å². The van der Waals surface area contributed by atoms with Crippen LogP contribution in [0.3, 0.4) is 0 Å². The highest BCUT2D eigenvalue weighted by Crippen LogP contribution is 2.12. The van der Waals surface area contributed by atoms with Gasteiger partial charge in [-0.05, 0) is 37.1 Å². The van der Waals surface area contributed by atoms with Crippen LogP contribution in [0.15, 0.2) is 42.5 Å². The fraction of sp³-hybridized carbons (Fsp3) is 0.312. The molecule has 0 saturated carbocycles. The predicted molar refractivity (Wildman–Crippen MR) is 77.0 cm³/mol. The minimum absolute atomic E-state index is 0.320. The third-order valence-electron chi connectivity index (χ3n) is 2.33. The number of carbonyl (C=O) groups excluding carboxylic acids is 1. The van der Waals surface area contributed by atoms with E-state index in [0.717, 1.165) is 17.7 Å². The van der Waals surface area contributed by atoms with Crippen LogP contribution in [0.2, 0.25) is 0 Å². The number of rotatable bonds is 7. The Hall–Kier alpha value is -2.03. The number of benzene rings is 1. The van der Waals surface area contributed by atoms with Gasteiger partial charge in [-0.1, -0.05) is 31.2 Å². The molecule has 1 rings (SSSR count). The van der Waals surface area contributed by atoms with Crippen LogP contribution in [0.4, 0.5) is 0 Å². The fourth-order valence-electron chi connectivity index (χ4n) is 1.42. The lowest BCUT2D eigenvalue weighted by atomic mass is 10.2. The van der Waals surface area contributed by atoms with Gasteiger partial charge in [0.15, 0.2) is 0 Å². The van der Waals surface area contributed by atoms with Gasteiger partial charge in [0.1, 0.15) is 12.4 Å². The minimum atomic E-state index is -0.338. The Morgan fingerprint density at radius 2 is 1.89 bits per heavy atom. The zero-order valence-corrected chi connectivity index (χ0v) is 11.5. The molecule has 0 spiro atoms. The number of ether oxygens (including phenoxy) is 2. The van der Waals surface area contributed by atoms with Crippen LogP contribution in [0.1, 0.15) is 25.8 Å². The molecular formula is C16H20O3. The summed E-state index contributed by atoms with van der Waals surface area (Å²) in [5.41, 5.74) is 0.935. The molecule has 0 heterocycles. The molecule has 1 aromatic carbocycles. The number of hydrogen-bond acceptors (Lipinski definition) is 3. The quantitative estimate of drug-likeness (QED) is 0.427. The maximum absolute atomic E-state index is 11.4. The molecule has 0 atom stereocenters. The SMILES string of the molecule is CC/C=C/COC(=O)/C=C/c1ccc(OCC)cc1. The van der Waals surface area contributed by atoms with E-state index in [1.54, 1.807) is 6.08 Å². The zero-order valence-electron chi connectivity index (χ0n) is 11.5. The Balaban J connectivity index is 2.42. The zero-order chi connectivity index (χ0) is 13.9. The van der Waals surface area contributed by atoms with Crippen LogP contribution in [0, 0.1) is 0 Å². The second-order valence-corrected chi connectivity index (χ2v) is 3.85. The molecule has 0 bridgehead atoms. The van der Waals surface area contributed by atoms with Gasteiger partial charge >= 0.3 is 5.97 Å². The van der Waals surface area contributed by atoms with Crippen LogP contribution < -0.4 is 4.74 Å². The van der Waals surface area contributed by atoms with Crippen LogP contribution >= 0.6 is 0 Å². The summed E-state index contributed by atoms with van der Waals surface area (Å²) in [5.74, 6) is 0.488. The molecule has 19 heavy (non-hydrogen) atoms. The highest BCUT2D eigenvalue weighted by Gasteiger charge is 1.95. The van der Waals surface area contributed by atoms with Gasteiger partial charge in [0.25, 0.3) is 0 Å². The Morgan fingerprint density at radius 3 is 2.53 bits per heavy atom. The van der Waals surface area contributed by atoms with Gasteiger partial charge in [-0.15, -0.1) is 0 Å². The Labute approximate surface area is 114 Å². The molecule has 0 fully saturated rings. The van der Waals surface area contributed by atoms with Crippen LogP contribution in [-0.2, 0) is 9.53 Å². The molecule has 0 aliphatic carbocycles. The normalized spacial score (nSPS) is 11.1. The first kappa shape index (κ1) is 15.0. The van der Waals surface area contributed by atoms with Gasteiger partial charge in [0.2, 0.25) is 0 Å². The van der Waals surface area contributed by atoms with E-state index in [2.05, 4.69) is 0 Å². The Morgan fingerprint density at radius 1 is 1.16 bits per heavy atom. The highest BCUT2D eigenvalue weighted by molar-refractivity contribution is 5.87. The molecule has 3 heteroatoms. The van der Waals surface area contributed by atoms with Gasteiger partial charge < -0.3 is 9.47 Å². The molecule has 0 unspecified atom stereocenters. The summed E-state index contributed by atoms with van der Waals surface area (Å²) in [6.45, 7) is 4.94. The van der Waals surface area contributed by atoms with E-state index in [4.69, 9.17) is 9.47 Å². The van der Waals surface area contributed by atoms with Crippen LogP contribution in [0.5, 0.6) is 5.75 Å². The van der Waals surface area contributed by atoms with Crippen molar-refractivity contribution >= 4 is 12.0 Å². The molecule has 102 valence electrons. The second-order valence-electron chi connectivity index (χ2n) is 3.85. The maximum Gasteiger partial charge on any atom is 0.331 e. The molecule has 3 nitrogen and oxygen atoms in total. The van der Waals surface area contributed by atoms with Gasteiger partial charge in [0.05, 0.1) is 6.61 Å². The van der Waals surface area contributed by atoms with E-state index in [-0.39, 0.29) is 5.97 Å². The van der Waals surface area contributed by atoms with Gasteiger partial charge in [-0.2, -0.15) is 0 Å². The van der Waals surface area contributed by atoms with Crippen molar-refractivity contribution < 1.29 is 14.3 Å². The average molecular weight is 260 g/mol. The second kappa shape index (κ2) is 8.97. The molecule has 0 aromatic heterocycles. The van der Waals surface area contributed by atoms with Crippen molar-refractivity contribution in [2.24, 2.45) is 0 Å². The topological polar surface area (TPSA) is 35.5 Å². The molecule has 0 aliphatic rings. The average Bonchev–Trinajstić information content (AvgIpc) is 2.43. The predicted octanol–water partition coefficient (Wildman–Crippen LogP) is 3.61. The molecule has 0 amide bonds. The smallest absolute Gasteiger partial charge is 0.331 e. The molecular weight excluding hydrogens is 240 g/mol. The summed E-state index contributed by atoms with van der Waals surface area (Å²) < 4.78 is 10.3. The molecule has 0 aliphatic heterocycles. The number of carbonyl (C=O) groups is 1.